The molecule has 2 rings (SSSR count). The van der Waals surface area contributed by atoms with Crippen molar-refractivity contribution in [1.29, 1.82) is 0 Å². The quantitative estimate of drug-likeness (QED) is 0.349. The molecule has 2 aliphatic rings. The van der Waals surface area contributed by atoms with E-state index in [-0.39, 0.29) is 40.0 Å². The molecule has 2 unspecified atom stereocenters. The largest absolute Gasteiger partial charge is 2.00 e. The number of fused-ring (bicyclic) bond motifs is 2. The fourth-order valence-corrected chi connectivity index (χ4v) is 1.94. The van der Waals surface area contributed by atoms with Gasteiger partial charge in [0.2, 0.25) is 0 Å². The first-order chi connectivity index (χ1) is 3.86. The average molecular weight is 211 g/mol. The van der Waals surface area contributed by atoms with Gasteiger partial charge in [-0.25, -0.2) is 18.6 Å². The molecule has 0 heterocycles. The summed E-state index contributed by atoms with van der Waals surface area (Å²) < 4.78 is 0. The van der Waals surface area contributed by atoms with Gasteiger partial charge < -0.3 is 17.0 Å². The summed E-state index contributed by atoms with van der Waals surface area (Å²) in [5.74, 6) is 1.81. The smallest absolute Gasteiger partial charge is 1.00 e. The van der Waals surface area contributed by atoms with Gasteiger partial charge in [-0.3, -0.25) is 0 Å². The van der Waals surface area contributed by atoms with Crippen LogP contribution in [0, 0.1) is 18.8 Å². The van der Waals surface area contributed by atoms with Crippen molar-refractivity contribution in [3.63, 3.8) is 0 Å². The zero-order chi connectivity index (χ0) is 5.56. The standard InChI is InChI=1S/C8H11.BrH.Mg/c1-6-4-7-2-3-8(6)5-7;;/h4,7-8H,1-3,5H2;1H;/q-1;;+2/p-1. The van der Waals surface area contributed by atoms with Crippen LogP contribution < -0.4 is 17.0 Å². The van der Waals surface area contributed by atoms with E-state index in [9.17, 15) is 0 Å². The number of halogens is 1. The Morgan fingerprint density at radius 2 is 2.10 bits per heavy atom. The van der Waals surface area contributed by atoms with Gasteiger partial charge in [-0.1, -0.05) is 31.1 Å². The molecule has 0 nitrogen and oxygen atoms in total. The maximum atomic E-state index is 3.98. The van der Waals surface area contributed by atoms with E-state index in [1.54, 1.807) is 0 Å². The first-order valence-corrected chi connectivity index (χ1v) is 3.40. The van der Waals surface area contributed by atoms with Gasteiger partial charge in [-0.05, 0) is 0 Å². The Bertz CT molecular complexity index is 142. The van der Waals surface area contributed by atoms with Crippen LogP contribution in [-0.2, 0) is 0 Å². The van der Waals surface area contributed by atoms with Crippen LogP contribution in [0.25, 0.3) is 0 Å². The third-order valence-electron chi connectivity index (χ3n) is 2.45. The van der Waals surface area contributed by atoms with Crippen LogP contribution in [0.2, 0.25) is 0 Å². The molecular weight excluding hydrogens is 200 g/mol. The molecule has 52 valence electrons. The van der Waals surface area contributed by atoms with Crippen molar-refractivity contribution in [1.82, 2.24) is 0 Å². The maximum Gasteiger partial charge on any atom is 2.00 e. The number of allylic oxidation sites excluding steroid dienone is 2. The Morgan fingerprint density at radius 3 is 2.30 bits per heavy atom. The summed E-state index contributed by atoms with van der Waals surface area (Å²) in [5, 5.41) is 0. The number of hydrogen-bond acceptors (Lipinski definition) is 0. The van der Waals surface area contributed by atoms with Crippen molar-refractivity contribution in [3.05, 3.63) is 18.6 Å². The molecule has 2 aliphatic carbocycles. The Balaban J connectivity index is 0.000000405. The van der Waals surface area contributed by atoms with Crippen molar-refractivity contribution in [2.75, 3.05) is 0 Å². The van der Waals surface area contributed by atoms with Crippen LogP contribution in [0.5, 0.6) is 0 Å². The minimum absolute atomic E-state index is 0. The Labute approximate surface area is 89.4 Å². The molecule has 0 spiro atoms. The minimum atomic E-state index is 0. The second kappa shape index (κ2) is 4.03. The van der Waals surface area contributed by atoms with E-state index in [1.807, 2.05) is 0 Å². The summed E-state index contributed by atoms with van der Waals surface area (Å²) in [7, 11) is 0. The van der Waals surface area contributed by atoms with Gasteiger partial charge in [-0.2, -0.15) is 0 Å². The second-order valence-electron chi connectivity index (χ2n) is 3.01. The SMILES string of the molecule is [Br-].[CH2-]C1=CC2CCC1C2.[Mg+2]. The van der Waals surface area contributed by atoms with E-state index < -0.39 is 0 Å². The van der Waals surface area contributed by atoms with Crippen LogP contribution in [0.3, 0.4) is 0 Å². The Hall–Kier alpha value is 0.856. The van der Waals surface area contributed by atoms with E-state index in [4.69, 9.17) is 0 Å². The monoisotopic (exact) mass is 210 g/mol. The van der Waals surface area contributed by atoms with Crippen molar-refractivity contribution < 1.29 is 17.0 Å². The Morgan fingerprint density at radius 1 is 1.40 bits per heavy atom. The van der Waals surface area contributed by atoms with Crippen molar-refractivity contribution in [2.24, 2.45) is 11.8 Å². The molecule has 0 N–H and O–H groups in total. The molecule has 1 saturated carbocycles. The predicted molar refractivity (Wildman–Crippen MR) is 40.0 cm³/mol. The molecule has 0 aromatic heterocycles. The van der Waals surface area contributed by atoms with Gasteiger partial charge in [0.05, 0.1) is 0 Å². The maximum absolute atomic E-state index is 3.98. The second-order valence-corrected chi connectivity index (χ2v) is 3.01. The topological polar surface area (TPSA) is 0 Å². The summed E-state index contributed by atoms with van der Waals surface area (Å²) in [6.45, 7) is 3.98. The van der Waals surface area contributed by atoms with Crippen LogP contribution in [0.15, 0.2) is 11.6 Å². The number of rotatable bonds is 0. The van der Waals surface area contributed by atoms with Crippen LogP contribution in [0.1, 0.15) is 19.3 Å². The average Bonchev–Trinajstić information content (AvgIpc) is 2.23. The van der Waals surface area contributed by atoms with Crippen molar-refractivity contribution in [3.8, 4) is 0 Å². The summed E-state index contributed by atoms with van der Waals surface area (Å²) in [6.07, 6.45) is 6.62. The molecule has 0 saturated heterocycles. The first-order valence-electron chi connectivity index (χ1n) is 3.40. The van der Waals surface area contributed by atoms with Gasteiger partial charge in [-0.15, -0.1) is 0 Å². The van der Waals surface area contributed by atoms with Crippen molar-refractivity contribution >= 4 is 23.1 Å². The third kappa shape index (κ3) is 1.71. The summed E-state index contributed by atoms with van der Waals surface area (Å²) in [5.41, 5.74) is 1.42. The third-order valence-corrected chi connectivity index (χ3v) is 2.45. The molecular formula is C8H11BrMg. The van der Waals surface area contributed by atoms with Crippen LogP contribution >= 0.6 is 0 Å². The van der Waals surface area contributed by atoms with Gasteiger partial charge in [0.1, 0.15) is 0 Å². The molecule has 10 heavy (non-hydrogen) atoms. The molecule has 2 bridgehead atoms. The summed E-state index contributed by atoms with van der Waals surface area (Å²) in [6, 6.07) is 0. The Kier molecular flexibility index (Phi) is 4.37. The van der Waals surface area contributed by atoms with E-state index >= 15 is 0 Å². The molecule has 0 aliphatic heterocycles. The zero-order valence-electron chi connectivity index (χ0n) is 6.15. The molecule has 2 heteroatoms. The van der Waals surface area contributed by atoms with Gasteiger partial charge in [0.15, 0.2) is 0 Å². The van der Waals surface area contributed by atoms with Gasteiger partial charge in [0, 0.05) is 0 Å². The van der Waals surface area contributed by atoms with E-state index in [2.05, 4.69) is 13.0 Å². The van der Waals surface area contributed by atoms with Crippen molar-refractivity contribution in [2.45, 2.75) is 19.3 Å². The molecule has 2 atom stereocenters. The van der Waals surface area contributed by atoms with E-state index in [0.717, 1.165) is 11.8 Å². The molecule has 0 aromatic carbocycles. The van der Waals surface area contributed by atoms with Gasteiger partial charge in [0.25, 0.3) is 0 Å². The molecule has 0 radical (unpaired) electrons. The number of hydrogen-bond donors (Lipinski definition) is 0. The first kappa shape index (κ1) is 10.9. The summed E-state index contributed by atoms with van der Waals surface area (Å²) >= 11 is 0. The fraction of sp³-hybridized carbons (Fsp3) is 0.625. The van der Waals surface area contributed by atoms with E-state index in [1.165, 1.54) is 24.8 Å². The molecule has 0 amide bonds. The van der Waals surface area contributed by atoms with Crippen LogP contribution in [0.4, 0.5) is 0 Å². The van der Waals surface area contributed by atoms with E-state index in [0.29, 0.717) is 0 Å². The normalized spacial score (nSPS) is 34.2. The zero-order valence-corrected chi connectivity index (χ0v) is 9.15. The molecule has 0 aromatic rings. The fourth-order valence-electron chi connectivity index (χ4n) is 1.94. The summed E-state index contributed by atoms with van der Waals surface area (Å²) in [4.78, 5) is 0. The predicted octanol–water partition coefficient (Wildman–Crippen LogP) is -1.20. The van der Waals surface area contributed by atoms with Gasteiger partial charge >= 0.3 is 23.1 Å². The minimum Gasteiger partial charge on any atom is -1.00 e. The molecule has 1 fully saturated rings. The van der Waals surface area contributed by atoms with Crippen LogP contribution in [-0.4, -0.2) is 23.1 Å².